The second kappa shape index (κ2) is 6.98. The van der Waals surface area contributed by atoms with E-state index >= 15 is 0 Å². The highest BCUT2D eigenvalue weighted by molar-refractivity contribution is 9.10. The van der Waals surface area contributed by atoms with E-state index in [1.54, 1.807) is 7.11 Å². The fourth-order valence-electron chi connectivity index (χ4n) is 2.17. The van der Waals surface area contributed by atoms with Gasteiger partial charge >= 0.3 is 0 Å². The van der Waals surface area contributed by atoms with Gasteiger partial charge in [0.1, 0.15) is 6.61 Å². The van der Waals surface area contributed by atoms with Gasteiger partial charge in [-0.15, -0.1) is 0 Å². The Morgan fingerprint density at radius 2 is 1.95 bits per heavy atom. The van der Waals surface area contributed by atoms with Crippen molar-refractivity contribution in [3.05, 3.63) is 39.6 Å². The zero-order valence-electron chi connectivity index (χ0n) is 12.9. The summed E-state index contributed by atoms with van der Waals surface area (Å²) < 4.78 is 14.2. The Morgan fingerprint density at radius 3 is 2.52 bits per heavy atom. The number of benzene rings is 1. The van der Waals surface area contributed by atoms with Crippen LogP contribution in [-0.2, 0) is 26.5 Å². The molecular weight excluding hydrogens is 332 g/mol. The zero-order valence-corrected chi connectivity index (χ0v) is 14.5. The van der Waals surface area contributed by atoms with Crippen molar-refractivity contribution in [1.82, 2.24) is 9.78 Å². The highest BCUT2D eigenvalue weighted by Gasteiger charge is 2.14. The molecule has 0 saturated carbocycles. The monoisotopic (exact) mass is 352 g/mol. The lowest BCUT2D eigenvalue weighted by Gasteiger charge is -2.12. The molecule has 2 rings (SSSR count). The predicted octanol–water partition coefficient (Wildman–Crippen LogP) is 3.90. The molecule has 0 N–H and O–H groups in total. The van der Waals surface area contributed by atoms with Crippen molar-refractivity contribution in [3.8, 4) is 11.5 Å². The molecule has 0 fully saturated rings. The summed E-state index contributed by atoms with van der Waals surface area (Å²) in [6.07, 6.45) is 1.87. The lowest BCUT2D eigenvalue weighted by molar-refractivity contribution is 0.275. The predicted molar refractivity (Wildman–Crippen MR) is 87.0 cm³/mol. The van der Waals surface area contributed by atoms with E-state index in [4.69, 9.17) is 9.47 Å². The molecule has 0 aliphatic carbocycles. The molecule has 0 amide bonds. The fraction of sp³-hybridized carbons (Fsp3) is 0.438. The van der Waals surface area contributed by atoms with E-state index in [0.29, 0.717) is 6.61 Å². The molecule has 21 heavy (non-hydrogen) atoms. The second-order valence-electron chi connectivity index (χ2n) is 4.81. The Hall–Kier alpha value is -1.49. The molecule has 1 heterocycles. The normalized spacial score (nSPS) is 10.7. The molecule has 0 radical (unpaired) electrons. The molecular formula is C16H21BrN2O2. The molecule has 0 unspecified atom stereocenters. The number of rotatable bonds is 6. The molecule has 0 saturated heterocycles. The van der Waals surface area contributed by atoms with Crippen molar-refractivity contribution in [3.63, 3.8) is 0 Å². The first-order valence-electron chi connectivity index (χ1n) is 7.10. The summed E-state index contributed by atoms with van der Waals surface area (Å²) in [5.74, 6) is 1.52. The molecule has 1 aromatic heterocycles. The lowest BCUT2D eigenvalue weighted by Crippen LogP contribution is -2.04. The number of nitrogens with zero attached hydrogens (tertiary/aromatic N) is 2. The van der Waals surface area contributed by atoms with Crippen molar-refractivity contribution in [2.45, 2.75) is 33.3 Å². The molecule has 1 aromatic carbocycles. The van der Waals surface area contributed by atoms with Crippen LogP contribution in [0.1, 0.15) is 30.8 Å². The first-order valence-corrected chi connectivity index (χ1v) is 7.89. The largest absolute Gasteiger partial charge is 0.493 e. The number of hydrogen-bond acceptors (Lipinski definition) is 3. The van der Waals surface area contributed by atoms with Crippen LogP contribution in [0.5, 0.6) is 11.5 Å². The van der Waals surface area contributed by atoms with Gasteiger partial charge in [0.2, 0.25) is 0 Å². The first-order chi connectivity index (χ1) is 10.1. The minimum absolute atomic E-state index is 0.450. The van der Waals surface area contributed by atoms with Crippen LogP contribution in [0.15, 0.2) is 22.7 Å². The molecule has 4 nitrogen and oxygen atoms in total. The molecule has 0 spiro atoms. The minimum Gasteiger partial charge on any atom is -0.493 e. The van der Waals surface area contributed by atoms with E-state index in [1.165, 1.54) is 5.56 Å². The summed E-state index contributed by atoms with van der Waals surface area (Å²) in [6, 6.07) is 6.04. The van der Waals surface area contributed by atoms with Crippen molar-refractivity contribution >= 4 is 15.9 Å². The van der Waals surface area contributed by atoms with Gasteiger partial charge in [-0.1, -0.05) is 19.9 Å². The minimum atomic E-state index is 0.450. The topological polar surface area (TPSA) is 36.3 Å². The Kier molecular flexibility index (Phi) is 5.28. The Bertz CT molecular complexity index is 623. The number of halogens is 1. The maximum absolute atomic E-state index is 5.92. The molecule has 2 aromatic rings. The Labute approximate surface area is 134 Å². The van der Waals surface area contributed by atoms with Crippen LogP contribution in [0.3, 0.4) is 0 Å². The molecule has 5 heteroatoms. The summed E-state index contributed by atoms with van der Waals surface area (Å²) in [7, 11) is 3.59. The van der Waals surface area contributed by atoms with Gasteiger partial charge in [0.25, 0.3) is 0 Å². The number of hydrogen-bond donors (Lipinski definition) is 0. The quantitative estimate of drug-likeness (QED) is 0.790. The summed E-state index contributed by atoms with van der Waals surface area (Å²) >= 11 is 3.60. The van der Waals surface area contributed by atoms with Crippen LogP contribution >= 0.6 is 15.9 Å². The Morgan fingerprint density at radius 1 is 1.19 bits per heavy atom. The fourth-order valence-corrected chi connectivity index (χ4v) is 2.90. The number of aromatic nitrogens is 2. The van der Waals surface area contributed by atoms with E-state index < -0.39 is 0 Å². The summed E-state index contributed by atoms with van der Waals surface area (Å²) in [4.78, 5) is 0. The molecule has 0 aliphatic rings. The van der Waals surface area contributed by atoms with E-state index in [2.05, 4.69) is 40.9 Å². The van der Waals surface area contributed by atoms with Crippen molar-refractivity contribution in [2.75, 3.05) is 7.11 Å². The number of aryl methyl sites for hydroxylation is 3. The van der Waals surface area contributed by atoms with Crippen LogP contribution in [-0.4, -0.2) is 16.9 Å². The van der Waals surface area contributed by atoms with Gasteiger partial charge in [0.05, 0.1) is 23.0 Å². The summed E-state index contributed by atoms with van der Waals surface area (Å²) in [5, 5.41) is 4.47. The smallest absolute Gasteiger partial charge is 0.161 e. The average molecular weight is 353 g/mol. The highest BCUT2D eigenvalue weighted by atomic mass is 79.9. The maximum Gasteiger partial charge on any atom is 0.161 e. The Balaban J connectivity index is 2.18. The standard InChI is InChI=1S/C16H21BrN2O2/c1-5-11-7-8-14(15(9-11)20-4)21-10-13-16(17)12(6-2)18-19(13)3/h7-9H,5-6,10H2,1-4H3. The third-order valence-electron chi connectivity index (χ3n) is 3.50. The third kappa shape index (κ3) is 3.40. The van der Waals surface area contributed by atoms with Gasteiger partial charge in [-0.25, -0.2) is 0 Å². The van der Waals surface area contributed by atoms with Crippen LogP contribution < -0.4 is 9.47 Å². The van der Waals surface area contributed by atoms with Crippen LogP contribution in [0, 0.1) is 0 Å². The highest BCUT2D eigenvalue weighted by Crippen LogP contribution is 2.30. The van der Waals surface area contributed by atoms with Crippen molar-refractivity contribution in [1.29, 1.82) is 0 Å². The van der Waals surface area contributed by atoms with E-state index in [-0.39, 0.29) is 0 Å². The number of methoxy groups -OCH3 is 1. The van der Waals surface area contributed by atoms with Gasteiger partial charge in [0, 0.05) is 7.05 Å². The van der Waals surface area contributed by atoms with Gasteiger partial charge in [-0.3, -0.25) is 4.68 Å². The number of ether oxygens (including phenoxy) is 2. The van der Waals surface area contributed by atoms with Gasteiger partial charge < -0.3 is 9.47 Å². The van der Waals surface area contributed by atoms with Gasteiger partial charge in [-0.05, 0) is 46.5 Å². The van der Waals surface area contributed by atoms with E-state index in [1.807, 2.05) is 23.9 Å². The molecule has 0 atom stereocenters. The molecule has 0 bridgehead atoms. The molecule has 114 valence electrons. The van der Waals surface area contributed by atoms with Crippen LogP contribution in [0.4, 0.5) is 0 Å². The zero-order chi connectivity index (χ0) is 15.4. The first kappa shape index (κ1) is 15.9. The van der Waals surface area contributed by atoms with Crippen molar-refractivity contribution < 1.29 is 9.47 Å². The molecule has 0 aliphatic heterocycles. The third-order valence-corrected chi connectivity index (χ3v) is 4.42. The maximum atomic E-state index is 5.92. The van der Waals surface area contributed by atoms with Crippen molar-refractivity contribution in [2.24, 2.45) is 7.05 Å². The SMILES string of the molecule is CCc1ccc(OCc2c(Br)c(CC)nn2C)c(OC)c1. The van der Waals surface area contributed by atoms with E-state index in [9.17, 15) is 0 Å². The van der Waals surface area contributed by atoms with E-state index in [0.717, 1.165) is 40.2 Å². The second-order valence-corrected chi connectivity index (χ2v) is 5.60. The van der Waals surface area contributed by atoms with Gasteiger partial charge in [0.15, 0.2) is 11.5 Å². The van der Waals surface area contributed by atoms with Gasteiger partial charge in [-0.2, -0.15) is 5.10 Å². The summed E-state index contributed by atoms with van der Waals surface area (Å²) in [6.45, 7) is 4.66. The lowest BCUT2D eigenvalue weighted by atomic mass is 10.1. The summed E-state index contributed by atoms with van der Waals surface area (Å²) in [5.41, 5.74) is 3.30. The average Bonchev–Trinajstić information content (AvgIpc) is 2.79. The van der Waals surface area contributed by atoms with Crippen LogP contribution in [0.2, 0.25) is 0 Å². The van der Waals surface area contributed by atoms with Crippen LogP contribution in [0.25, 0.3) is 0 Å².